The van der Waals surface area contributed by atoms with Gasteiger partial charge >= 0.3 is 12.6 Å². The highest BCUT2D eigenvalue weighted by atomic mass is 19.3. The zero-order valence-corrected chi connectivity index (χ0v) is 13.2. The summed E-state index contributed by atoms with van der Waals surface area (Å²) in [5.41, 5.74) is 1.10. The van der Waals surface area contributed by atoms with Crippen LogP contribution in [0.2, 0.25) is 0 Å². The molecule has 1 atom stereocenters. The highest BCUT2D eigenvalue weighted by Crippen LogP contribution is 2.32. The van der Waals surface area contributed by atoms with Gasteiger partial charge in [-0.1, -0.05) is 0 Å². The van der Waals surface area contributed by atoms with Gasteiger partial charge in [0.05, 0.1) is 0 Å². The first-order chi connectivity index (χ1) is 10.7. The molecule has 1 unspecified atom stereocenters. The van der Waals surface area contributed by atoms with E-state index in [0.29, 0.717) is 11.1 Å². The lowest BCUT2D eigenvalue weighted by Crippen LogP contribution is -2.44. The summed E-state index contributed by atoms with van der Waals surface area (Å²) in [4.78, 5) is 25.3. The van der Waals surface area contributed by atoms with Crippen LogP contribution >= 0.6 is 0 Å². The predicted octanol–water partition coefficient (Wildman–Crippen LogP) is 2.98. The fourth-order valence-electron chi connectivity index (χ4n) is 2.63. The molecule has 0 bridgehead atoms. The summed E-state index contributed by atoms with van der Waals surface area (Å²) in [6.07, 6.45) is 1.54. The highest BCUT2D eigenvalue weighted by molar-refractivity contribution is 5.97. The molecule has 1 aromatic rings. The molecule has 7 heteroatoms. The summed E-state index contributed by atoms with van der Waals surface area (Å²) >= 11 is 0. The van der Waals surface area contributed by atoms with Crippen molar-refractivity contribution in [2.75, 3.05) is 0 Å². The molecule has 0 aromatic heterocycles. The van der Waals surface area contributed by atoms with Gasteiger partial charge in [-0.15, -0.1) is 0 Å². The van der Waals surface area contributed by atoms with Crippen LogP contribution in [0.1, 0.15) is 41.3 Å². The molecule has 1 amide bonds. The second kappa shape index (κ2) is 6.52. The largest absolute Gasteiger partial charge is 0.480 e. The van der Waals surface area contributed by atoms with Crippen LogP contribution in [0.25, 0.3) is 0 Å². The maximum absolute atomic E-state index is 12.7. The number of halogens is 2. The monoisotopic (exact) mass is 327 g/mol. The second-order valence-corrected chi connectivity index (χ2v) is 5.78. The topological polar surface area (TPSA) is 66.8 Å². The summed E-state index contributed by atoms with van der Waals surface area (Å²) in [5, 5.41) is 9.18. The van der Waals surface area contributed by atoms with Gasteiger partial charge in [-0.2, -0.15) is 8.78 Å². The van der Waals surface area contributed by atoms with Crippen molar-refractivity contribution in [3.05, 3.63) is 28.8 Å². The van der Waals surface area contributed by atoms with Gasteiger partial charge in [0.15, 0.2) is 0 Å². The van der Waals surface area contributed by atoms with Gasteiger partial charge in [-0.25, -0.2) is 4.79 Å². The van der Waals surface area contributed by atoms with Crippen LogP contribution in [-0.2, 0) is 4.79 Å². The van der Waals surface area contributed by atoms with Crippen LogP contribution in [0, 0.1) is 13.8 Å². The third-order valence-electron chi connectivity index (χ3n) is 3.86. The third kappa shape index (κ3) is 3.78. The molecule has 1 aromatic carbocycles. The lowest BCUT2D eigenvalue weighted by atomic mass is 10.0. The number of benzene rings is 1. The van der Waals surface area contributed by atoms with E-state index in [1.807, 2.05) is 0 Å². The maximum Gasteiger partial charge on any atom is 0.387 e. The lowest BCUT2D eigenvalue weighted by Gasteiger charge is -2.27. The van der Waals surface area contributed by atoms with Gasteiger partial charge in [0.2, 0.25) is 0 Å². The van der Waals surface area contributed by atoms with Crippen molar-refractivity contribution < 1.29 is 28.2 Å². The first-order valence-corrected chi connectivity index (χ1v) is 7.34. The fraction of sp³-hybridized carbons (Fsp3) is 0.500. The van der Waals surface area contributed by atoms with Crippen molar-refractivity contribution in [1.82, 2.24) is 4.90 Å². The van der Waals surface area contributed by atoms with Crippen LogP contribution in [0.5, 0.6) is 5.75 Å². The number of carboxylic acid groups (broad SMARTS) is 1. The Labute approximate surface area is 132 Å². The van der Waals surface area contributed by atoms with E-state index in [1.54, 1.807) is 13.8 Å². The van der Waals surface area contributed by atoms with Gasteiger partial charge in [0.1, 0.15) is 11.8 Å². The number of carbonyl (C=O) groups excluding carboxylic acids is 1. The van der Waals surface area contributed by atoms with E-state index < -0.39 is 24.5 Å². The Hall–Kier alpha value is -2.18. The van der Waals surface area contributed by atoms with E-state index in [1.165, 1.54) is 24.0 Å². The minimum absolute atomic E-state index is 0.0424. The fourth-order valence-corrected chi connectivity index (χ4v) is 2.63. The number of aryl methyl sites for hydroxylation is 2. The Kier molecular flexibility index (Phi) is 4.87. The van der Waals surface area contributed by atoms with Gasteiger partial charge in [0, 0.05) is 11.6 Å². The summed E-state index contributed by atoms with van der Waals surface area (Å²) in [7, 11) is 0. The number of rotatable bonds is 6. The Morgan fingerprint density at radius 3 is 2.17 bits per heavy atom. The van der Waals surface area contributed by atoms with E-state index in [9.17, 15) is 23.5 Å². The van der Waals surface area contributed by atoms with Gasteiger partial charge < -0.3 is 14.7 Å². The predicted molar refractivity (Wildman–Crippen MR) is 78.8 cm³/mol. The van der Waals surface area contributed by atoms with Crippen LogP contribution in [0.15, 0.2) is 12.1 Å². The Morgan fingerprint density at radius 1 is 1.26 bits per heavy atom. The molecule has 23 heavy (non-hydrogen) atoms. The zero-order valence-electron chi connectivity index (χ0n) is 13.2. The van der Waals surface area contributed by atoms with Gasteiger partial charge in [-0.05, 0) is 56.9 Å². The average molecular weight is 327 g/mol. The number of aliphatic carboxylic acids is 1. The van der Waals surface area contributed by atoms with Crippen molar-refractivity contribution in [2.45, 2.75) is 52.3 Å². The lowest BCUT2D eigenvalue weighted by molar-refractivity contribution is -0.141. The van der Waals surface area contributed by atoms with Crippen LogP contribution in [-0.4, -0.2) is 40.6 Å². The molecule has 5 nitrogen and oxygen atoms in total. The quantitative estimate of drug-likeness (QED) is 0.872. The molecule has 1 N–H and O–H groups in total. The molecule has 0 aliphatic heterocycles. The van der Waals surface area contributed by atoms with Crippen molar-refractivity contribution in [1.29, 1.82) is 0 Å². The number of carbonyl (C=O) groups is 2. The van der Waals surface area contributed by atoms with Crippen LogP contribution < -0.4 is 4.74 Å². The number of hydrogen-bond acceptors (Lipinski definition) is 3. The number of nitrogens with zero attached hydrogens (tertiary/aromatic N) is 1. The molecular formula is C16H19F2NO4. The van der Waals surface area contributed by atoms with Gasteiger partial charge in [0.25, 0.3) is 5.91 Å². The SMILES string of the molecule is Cc1cc(C(=O)N(C2CC2)C(C)C(=O)O)cc(C)c1OC(F)F. The molecule has 1 fully saturated rings. The van der Waals surface area contributed by atoms with Crippen molar-refractivity contribution in [3.63, 3.8) is 0 Å². The molecule has 0 saturated heterocycles. The Morgan fingerprint density at radius 2 is 1.78 bits per heavy atom. The van der Waals surface area contributed by atoms with Gasteiger partial charge in [-0.3, -0.25) is 4.79 Å². The molecule has 0 radical (unpaired) electrons. The van der Waals surface area contributed by atoms with Crippen LogP contribution in [0.4, 0.5) is 8.78 Å². The van der Waals surface area contributed by atoms with Crippen molar-refractivity contribution >= 4 is 11.9 Å². The Balaban J connectivity index is 2.33. The summed E-state index contributed by atoms with van der Waals surface area (Å²) in [6.45, 7) is 1.67. The summed E-state index contributed by atoms with van der Waals surface area (Å²) < 4.78 is 29.3. The first-order valence-electron chi connectivity index (χ1n) is 7.34. The first kappa shape index (κ1) is 17.2. The van der Waals surface area contributed by atoms with Crippen LogP contribution in [0.3, 0.4) is 0 Å². The van der Waals surface area contributed by atoms with E-state index in [0.717, 1.165) is 12.8 Å². The smallest absolute Gasteiger partial charge is 0.387 e. The molecular weight excluding hydrogens is 308 g/mol. The van der Waals surface area contributed by atoms with E-state index in [-0.39, 0.29) is 17.4 Å². The molecule has 2 rings (SSSR count). The average Bonchev–Trinajstić information content (AvgIpc) is 3.26. The minimum atomic E-state index is -2.94. The second-order valence-electron chi connectivity index (χ2n) is 5.78. The maximum atomic E-state index is 12.7. The van der Waals surface area contributed by atoms with Crippen molar-refractivity contribution in [2.24, 2.45) is 0 Å². The summed E-state index contributed by atoms with van der Waals surface area (Å²) in [6, 6.07) is 1.90. The number of carboxylic acids is 1. The third-order valence-corrected chi connectivity index (χ3v) is 3.86. The van der Waals surface area contributed by atoms with Crippen molar-refractivity contribution in [3.8, 4) is 5.75 Å². The molecule has 1 aliphatic rings. The number of hydrogen-bond donors (Lipinski definition) is 1. The Bertz CT molecular complexity index is 606. The normalized spacial score (nSPS) is 15.4. The number of amides is 1. The minimum Gasteiger partial charge on any atom is -0.480 e. The standard InChI is InChI=1S/C16H19F2NO4/c1-8-6-11(7-9(2)13(8)23-16(17)18)14(20)19(12-4-5-12)10(3)15(21)22/h6-7,10,12,16H,4-5H2,1-3H3,(H,21,22). The molecule has 0 heterocycles. The molecule has 0 spiro atoms. The zero-order chi connectivity index (χ0) is 17.3. The molecule has 1 saturated carbocycles. The van der Waals surface area contributed by atoms with E-state index in [2.05, 4.69) is 4.74 Å². The molecule has 1 aliphatic carbocycles. The van der Waals surface area contributed by atoms with E-state index in [4.69, 9.17) is 0 Å². The van der Waals surface area contributed by atoms with E-state index >= 15 is 0 Å². The summed E-state index contributed by atoms with van der Waals surface area (Å²) in [5.74, 6) is -1.44. The highest BCUT2D eigenvalue weighted by Gasteiger charge is 2.39. The number of ether oxygens (including phenoxy) is 1. The number of alkyl halides is 2. The molecule has 126 valence electrons.